The Kier molecular flexibility index (Phi) is 3.85. The van der Waals surface area contributed by atoms with E-state index in [0.29, 0.717) is 0 Å². The van der Waals surface area contributed by atoms with E-state index >= 15 is 0 Å². The van der Waals surface area contributed by atoms with Crippen molar-refractivity contribution in [2.24, 2.45) is 0 Å². The van der Waals surface area contributed by atoms with Crippen LogP contribution in [0, 0.1) is 6.92 Å². The summed E-state index contributed by atoms with van der Waals surface area (Å²) in [5.74, 6) is 0. The molecule has 1 aromatic rings. The Morgan fingerprint density at radius 1 is 1.00 bits per heavy atom. The molecule has 0 N–H and O–H groups in total. The van der Waals surface area contributed by atoms with Gasteiger partial charge in [-0.3, -0.25) is 0 Å². The van der Waals surface area contributed by atoms with Crippen molar-refractivity contribution in [1.29, 1.82) is 0 Å². The monoisotopic (exact) mass is 376 g/mol. The first-order valence-electron chi connectivity index (χ1n) is 3.14. The van der Waals surface area contributed by atoms with Crippen molar-refractivity contribution in [2.45, 2.75) is 6.92 Å². The molecule has 0 unspecified atom stereocenters. The summed E-state index contributed by atoms with van der Waals surface area (Å²) in [4.78, 5) is 0. The van der Waals surface area contributed by atoms with Crippen LogP contribution in [0.1, 0.15) is 5.56 Å². The van der Waals surface area contributed by atoms with Gasteiger partial charge in [0.2, 0.25) is 0 Å². The van der Waals surface area contributed by atoms with Crippen LogP contribution in [0.15, 0.2) is 24.3 Å². The summed E-state index contributed by atoms with van der Waals surface area (Å²) in [6.45, 7) is 2.09. The SMILES string of the molecule is Cc1cc[c]([Ti]([Br])([Br])[Br])cc1. The van der Waals surface area contributed by atoms with Crippen LogP contribution < -0.4 is 3.87 Å². The molecule has 0 aliphatic rings. The van der Waals surface area contributed by atoms with Gasteiger partial charge in [0.1, 0.15) is 0 Å². The Balaban J connectivity index is 2.99. The van der Waals surface area contributed by atoms with Crippen LogP contribution in [-0.2, 0) is 10.3 Å². The fourth-order valence-corrected chi connectivity index (χ4v) is 4.86. The number of benzene rings is 1. The van der Waals surface area contributed by atoms with Gasteiger partial charge in [0.15, 0.2) is 0 Å². The predicted octanol–water partition coefficient (Wildman–Crippen LogP) is 3.70. The average molecular weight is 379 g/mol. The maximum absolute atomic E-state index is 3.63. The summed E-state index contributed by atoms with van der Waals surface area (Å²) in [5, 5.41) is 0. The molecule has 0 aromatic heterocycles. The standard InChI is InChI=1S/C7H7.3BrH.Ti/c1-7-5-3-2-4-6-7;;;;/h3-6H,1H3;3*1H;/q;;;;+3/p-3. The number of rotatable bonds is 1. The van der Waals surface area contributed by atoms with Gasteiger partial charge in [0.25, 0.3) is 0 Å². The van der Waals surface area contributed by atoms with E-state index in [1.165, 1.54) is 9.43 Å². The maximum atomic E-state index is 3.63. The van der Waals surface area contributed by atoms with Crippen LogP contribution in [0.5, 0.6) is 0 Å². The molecule has 60 valence electrons. The number of halogens is 3. The Bertz CT molecular complexity index is 237. The average Bonchev–Trinajstić information content (AvgIpc) is 1.86. The van der Waals surface area contributed by atoms with Crippen molar-refractivity contribution in [3.63, 3.8) is 0 Å². The molecule has 1 aromatic carbocycles. The van der Waals surface area contributed by atoms with Gasteiger partial charge >= 0.3 is 90.4 Å². The summed E-state index contributed by atoms with van der Waals surface area (Å²) >= 11 is 10.9. The first-order chi connectivity index (χ1) is 5.00. The Morgan fingerprint density at radius 2 is 1.45 bits per heavy atom. The molecule has 0 spiro atoms. The molecule has 0 fully saturated rings. The van der Waals surface area contributed by atoms with Crippen molar-refractivity contribution in [3.8, 4) is 0 Å². The first-order valence-corrected chi connectivity index (χ1v) is 15.5. The zero-order valence-corrected chi connectivity index (χ0v) is 12.3. The predicted molar refractivity (Wildman–Crippen MR) is 57.6 cm³/mol. The van der Waals surface area contributed by atoms with Crippen molar-refractivity contribution >= 4 is 43.4 Å². The van der Waals surface area contributed by atoms with E-state index in [-0.39, 0.29) is 0 Å². The van der Waals surface area contributed by atoms with Crippen molar-refractivity contribution < 1.29 is 10.3 Å². The third-order valence-electron chi connectivity index (χ3n) is 1.38. The molecule has 0 bridgehead atoms. The fraction of sp³-hybridized carbons (Fsp3) is 0.143. The van der Waals surface area contributed by atoms with Gasteiger partial charge in [-0.05, 0) is 0 Å². The van der Waals surface area contributed by atoms with E-state index in [1.807, 2.05) is 0 Å². The summed E-state index contributed by atoms with van der Waals surface area (Å²) < 4.78 is 1.34. The molecule has 0 heterocycles. The molecule has 0 atom stereocenters. The Hall–Kier alpha value is 1.37. The topological polar surface area (TPSA) is 0 Å². The van der Waals surface area contributed by atoms with Gasteiger partial charge in [-0.15, -0.1) is 0 Å². The molecule has 4 heteroatoms. The van der Waals surface area contributed by atoms with Gasteiger partial charge < -0.3 is 0 Å². The summed E-state index contributed by atoms with van der Waals surface area (Å²) in [6.07, 6.45) is 0. The zero-order valence-electron chi connectivity index (χ0n) is 5.94. The molecule has 0 radical (unpaired) electrons. The van der Waals surface area contributed by atoms with Crippen molar-refractivity contribution in [3.05, 3.63) is 29.8 Å². The summed E-state index contributed by atoms with van der Waals surface area (Å²) in [7, 11) is -2.09. The van der Waals surface area contributed by atoms with Gasteiger partial charge in [-0.25, -0.2) is 0 Å². The van der Waals surface area contributed by atoms with Gasteiger partial charge in [0, 0.05) is 0 Å². The molecule has 0 nitrogen and oxygen atoms in total. The molecular weight excluding hydrogens is 372 g/mol. The van der Waals surface area contributed by atoms with Crippen LogP contribution in [-0.4, -0.2) is 0 Å². The van der Waals surface area contributed by atoms with E-state index in [9.17, 15) is 0 Å². The first kappa shape index (κ1) is 10.5. The minimum atomic E-state index is -2.09. The second-order valence-corrected chi connectivity index (χ2v) is 32.7. The molecule has 0 saturated heterocycles. The van der Waals surface area contributed by atoms with Gasteiger partial charge in [-0.2, -0.15) is 0 Å². The summed E-state index contributed by atoms with van der Waals surface area (Å²) in [5.41, 5.74) is 1.30. The molecule has 0 aliphatic carbocycles. The van der Waals surface area contributed by atoms with E-state index in [2.05, 4.69) is 70.7 Å². The van der Waals surface area contributed by atoms with Gasteiger partial charge in [-0.1, -0.05) is 0 Å². The zero-order chi connectivity index (χ0) is 8.48. The second kappa shape index (κ2) is 4.06. The number of hydrogen-bond acceptors (Lipinski definition) is 0. The fourth-order valence-electron chi connectivity index (χ4n) is 0.743. The number of aryl methyl sites for hydroxylation is 1. The van der Waals surface area contributed by atoms with Crippen LogP contribution >= 0.6 is 39.5 Å². The van der Waals surface area contributed by atoms with Gasteiger partial charge in [0.05, 0.1) is 0 Å². The molecule has 11 heavy (non-hydrogen) atoms. The normalized spacial score (nSPS) is 11.6. The van der Waals surface area contributed by atoms with Crippen LogP contribution in [0.25, 0.3) is 0 Å². The summed E-state index contributed by atoms with van der Waals surface area (Å²) in [6, 6.07) is 8.54. The van der Waals surface area contributed by atoms with Crippen molar-refractivity contribution in [1.82, 2.24) is 0 Å². The van der Waals surface area contributed by atoms with Crippen LogP contribution in [0.2, 0.25) is 0 Å². The van der Waals surface area contributed by atoms with Crippen LogP contribution in [0.3, 0.4) is 0 Å². The molecule has 1 rings (SSSR count). The third kappa shape index (κ3) is 3.31. The van der Waals surface area contributed by atoms with E-state index in [4.69, 9.17) is 0 Å². The Morgan fingerprint density at radius 3 is 1.82 bits per heavy atom. The molecule has 0 saturated carbocycles. The van der Waals surface area contributed by atoms with E-state index in [1.54, 1.807) is 0 Å². The van der Waals surface area contributed by atoms with E-state index < -0.39 is 10.3 Å². The number of hydrogen-bond donors (Lipinski definition) is 0. The van der Waals surface area contributed by atoms with E-state index in [0.717, 1.165) is 0 Å². The molecule has 0 amide bonds. The Labute approximate surface area is 89.3 Å². The quantitative estimate of drug-likeness (QED) is 0.654. The third-order valence-corrected chi connectivity index (χ3v) is 8.58. The molecule has 0 aliphatic heterocycles. The minimum absolute atomic E-state index is 1.30. The molecular formula is C7H7Br3Ti. The van der Waals surface area contributed by atoms with Crippen molar-refractivity contribution in [2.75, 3.05) is 0 Å². The second-order valence-electron chi connectivity index (χ2n) is 2.36. The van der Waals surface area contributed by atoms with Crippen LogP contribution in [0.4, 0.5) is 0 Å².